The Morgan fingerprint density at radius 1 is 0.500 bits per heavy atom. The SMILES string of the molecule is CCN(CCN(CCN1CCN(CCCOc2ccc(C(=O)O)cc2)CCN(C(=O)OC(C)(C)C)CCNCCN(C(=O)OC(C)(C)C)CCN(C(=O)OC(C)(C)C)CC1)C(=O)OC(C)(C)C)C(=O)OC(C)(C)C. The summed E-state index contributed by atoms with van der Waals surface area (Å²) in [6.07, 6.45) is -2.00. The van der Waals surface area contributed by atoms with Crippen LogP contribution in [0, 0.1) is 0 Å². The predicted molar refractivity (Wildman–Crippen MR) is 284 cm³/mol. The van der Waals surface area contributed by atoms with Gasteiger partial charge in [0.2, 0.25) is 0 Å². The Hall–Kier alpha value is -5.28. The molecular weight excluding hydrogens is 957 g/mol. The molecule has 0 spiro atoms. The summed E-state index contributed by atoms with van der Waals surface area (Å²) in [5.74, 6) is -0.488. The normalized spacial score (nSPS) is 16.0. The van der Waals surface area contributed by atoms with E-state index in [9.17, 15) is 33.9 Å². The lowest BCUT2D eigenvalue weighted by molar-refractivity contribution is 0.00988. The van der Waals surface area contributed by atoms with E-state index in [0.717, 1.165) is 0 Å². The van der Waals surface area contributed by atoms with E-state index in [4.69, 9.17) is 28.4 Å². The summed E-state index contributed by atoms with van der Waals surface area (Å²) in [6, 6.07) is 6.23. The van der Waals surface area contributed by atoms with Gasteiger partial charge in [0.25, 0.3) is 0 Å². The van der Waals surface area contributed by atoms with Crippen molar-refractivity contribution >= 4 is 36.4 Å². The zero-order valence-corrected chi connectivity index (χ0v) is 47.9. The number of hydrogen-bond donors (Lipinski definition) is 2. The highest BCUT2D eigenvalue weighted by Crippen LogP contribution is 2.17. The first-order chi connectivity index (χ1) is 34.1. The van der Waals surface area contributed by atoms with E-state index < -0.39 is 64.4 Å². The van der Waals surface area contributed by atoms with Crippen LogP contribution in [0.5, 0.6) is 5.75 Å². The third-order valence-electron chi connectivity index (χ3n) is 10.8. The third-order valence-corrected chi connectivity index (χ3v) is 10.8. The summed E-state index contributed by atoms with van der Waals surface area (Å²) in [5.41, 5.74) is -3.68. The number of carbonyl (C=O) groups is 6. The van der Waals surface area contributed by atoms with Crippen LogP contribution in [0.15, 0.2) is 24.3 Å². The average Bonchev–Trinajstić information content (AvgIpc) is 3.23. The summed E-state index contributed by atoms with van der Waals surface area (Å²) in [6.45, 7) is 34.9. The monoisotopic (exact) mass is 1050 g/mol. The van der Waals surface area contributed by atoms with Gasteiger partial charge in [-0.05, 0) is 141 Å². The molecule has 0 atom stereocenters. The molecule has 424 valence electrons. The first-order valence-electron chi connectivity index (χ1n) is 26.1. The van der Waals surface area contributed by atoms with Gasteiger partial charge in [-0.2, -0.15) is 0 Å². The Kier molecular flexibility index (Phi) is 26.0. The van der Waals surface area contributed by atoms with Crippen LogP contribution in [0.1, 0.15) is 128 Å². The summed E-state index contributed by atoms with van der Waals surface area (Å²) >= 11 is 0. The second kappa shape index (κ2) is 29.7. The topological polar surface area (TPSA) is 213 Å². The van der Waals surface area contributed by atoms with Crippen molar-refractivity contribution in [3.63, 3.8) is 0 Å². The Balaban J connectivity index is 2.64. The first-order valence-corrected chi connectivity index (χ1v) is 26.1. The highest BCUT2D eigenvalue weighted by Gasteiger charge is 2.30. The van der Waals surface area contributed by atoms with Crippen molar-refractivity contribution in [1.29, 1.82) is 0 Å². The van der Waals surface area contributed by atoms with Crippen molar-refractivity contribution < 1.29 is 62.3 Å². The first kappa shape index (κ1) is 64.8. The molecule has 21 nitrogen and oxygen atoms in total. The number of aromatic carboxylic acids is 1. The summed E-state index contributed by atoms with van der Waals surface area (Å²) in [4.78, 5) is 92.3. The highest BCUT2D eigenvalue weighted by atomic mass is 16.6. The van der Waals surface area contributed by atoms with E-state index in [1.165, 1.54) is 12.1 Å². The van der Waals surface area contributed by atoms with Crippen LogP contribution in [0.3, 0.4) is 0 Å². The number of benzene rings is 1. The van der Waals surface area contributed by atoms with E-state index in [1.807, 2.05) is 27.7 Å². The largest absolute Gasteiger partial charge is 0.494 e. The van der Waals surface area contributed by atoms with E-state index >= 15 is 0 Å². The number of carbonyl (C=O) groups excluding carboxylic acids is 5. The molecule has 1 aromatic rings. The number of rotatable bonds is 13. The number of ether oxygens (including phenoxy) is 6. The molecule has 1 heterocycles. The molecule has 2 rings (SSSR count). The molecule has 0 saturated carbocycles. The molecule has 0 aliphatic carbocycles. The van der Waals surface area contributed by atoms with Gasteiger partial charge >= 0.3 is 36.4 Å². The lowest BCUT2D eigenvalue weighted by Crippen LogP contribution is -2.50. The van der Waals surface area contributed by atoms with Crippen LogP contribution in [-0.4, -0.2) is 228 Å². The van der Waals surface area contributed by atoms with Crippen LogP contribution in [0.4, 0.5) is 24.0 Å². The van der Waals surface area contributed by atoms with Gasteiger partial charge < -0.3 is 68.2 Å². The summed E-state index contributed by atoms with van der Waals surface area (Å²) in [5, 5.41) is 12.7. The minimum Gasteiger partial charge on any atom is -0.494 e. The van der Waals surface area contributed by atoms with Crippen molar-refractivity contribution in [2.24, 2.45) is 0 Å². The van der Waals surface area contributed by atoms with E-state index in [2.05, 4.69) is 15.1 Å². The Labute approximate surface area is 442 Å². The number of hydrogen-bond acceptors (Lipinski definition) is 15. The van der Waals surface area contributed by atoms with Crippen molar-refractivity contribution in [3.05, 3.63) is 29.8 Å². The molecule has 21 heteroatoms. The molecule has 1 aliphatic rings. The van der Waals surface area contributed by atoms with Gasteiger partial charge in [-0.15, -0.1) is 0 Å². The standard InChI is InChI=1S/C53H94N8O13/c1-17-57(44(64)70-49(2,3)4)36-37-60(47(67)73-52(11,12)13)34-31-56-29-28-55(25-18-40-69-42-21-19-41(20-22-42)43(62)63)30-33-58(45(65)71-50(5,6)7)26-23-54-24-27-59(46(66)72-51(8,9)10)38-39-61(35-32-56)48(68)74-53(14,15)16/h19-22,54H,17-18,23-40H2,1-16H3,(H,62,63). The van der Waals surface area contributed by atoms with E-state index in [-0.39, 0.29) is 51.4 Å². The van der Waals surface area contributed by atoms with E-state index in [0.29, 0.717) is 90.8 Å². The Bertz CT molecular complexity index is 1900. The van der Waals surface area contributed by atoms with Crippen molar-refractivity contribution in [3.8, 4) is 5.75 Å². The number of likely N-dealkylation sites (N-methyl/N-ethyl adjacent to an activating group) is 1. The maximum absolute atomic E-state index is 14.0. The van der Waals surface area contributed by atoms with Gasteiger partial charge in [-0.1, -0.05) is 0 Å². The fraction of sp³-hybridized carbons (Fsp3) is 0.774. The lowest BCUT2D eigenvalue weighted by Gasteiger charge is -2.35. The molecule has 1 saturated heterocycles. The number of nitrogens with one attached hydrogen (secondary N) is 1. The number of amides is 5. The molecule has 5 amide bonds. The minimum atomic E-state index is -1.03. The van der Waals surface area contributed by atoms with Crippen molar-refractivity contribution in [2.75, 3.05) is 124 Å². The Morgan fingerprint density at radius 3 is 1.27 bits per heavy atom. The van der Waals surface area contributed by atoms with Gasteiger partial charge in [0.1, 0.15) is 33.8 Å². The summed E-state index contributed by atoms with van der Waals surface area (Å²) in [7, 11) is 0. The van der Waals surface area contributed by atoms with Crippen LogP contribution in [0.2, 0.25) is 0 Å². The third kappa shape index (κ3) is 28.4. The van der Waals surface area contributed by atoms with Gasteiger partial charge in [-0.25, -0.2) is 28.8 Å². The van der Waals surface area contributed by atoms with Crippen molar-refractivity contribution in [2.45, 2.75) is 145 Å². The van der Waals surface area contributed by atoms with Gasteiger partial charge in [0.15, 0.2) is 0 Å². The fourth-order valence-corrected chi connectivity index (χ4v) is 7.14. The molecule has 0 radical (unpaired) electrons. The van der Waals surface area contributed by atoms with Gasteiger partial charge in [0.05, 0.1) is 12.2 Å². The molecule has 2 N–H and O–H groups in total. The van der Waals surface area contributed by atoms with Crippen LogP contribution in [-0.2, 0) is 23.7 Å². The second-order valence-corrected chi connectivity index (χ2v) is 23.4. The zero-order chi connectivity index (χ0) is 56.1. The molecular formula is C53H94N8O13. The van der Waals surface area contributed by atoms with Crippen LogP contribution < -0.4 is 10.1 Å². The lowest BCUT2D eigenvalue weighted by atomic mass is 10.2. The molecule has 1 fully saturated rings. The van der Waals surface area contributed by atoms with Crippen LogP contribution in [0.25, 0.3) is 0 Å². The van der Waals surface area contributed by atoms with Crippen molar-refractivity contribution in [1.82, 2.24) is 39.6 Å². The highest BCUT2D eigenvalue weighted by molar-refractivity contribution is 5.87. The quantitative estimate of drug-likeness (QED) is 0.144. The zero-order valence-electron chi connectivity index (χ0n) is 47.9. The molecule has 0 bridgehead atoms. The van der Waals surface area contributed by atoms with Crippen LogP contribution >= 0.6 is 0 Å². The molecule has 74 heavy (non-hydrogen) atoms. The smallest absolute Gasteiger partial charge is 0.410 e. The number of carboxylic acid groups (broad SMARTS) is 1. The maximum Gasteiger partial charge on any atom is 0.410 e. The maximum atomic E-state index is 14.0. The minimum absolute atomic E-state index is 0.126. The predicted octanol–water partition coefficient (Wildman–Crippen LogP) is 7.57. The van der Waals surface area contributed by atoms with E-state index in [1.54, 1.807) is 120 Å². The average molecular weight is 1050 g/mol. The number of carboxylic acids is 1. The van der Waals surface area contributed by atoms with Gasteiger partial charge in [0, 0.05) is 118 Å². The van der Waals surface area contributed by atoms with Gasteiger partial charge in [-0.3, -0.25) is 4.90 Å². The molecule has 1 aromatic carbocycles. The number of nitrogens with zero attached hydrogens (tertiary/aromatic N) is 7. The second-order valence-electron chi connectivity index (χ2n) is 23.4. The molecule has 0 unspecified atom stereocenters. The molecule has 0 aromatic heterocycles. The fourth-order valence-electron chi connectivity index (χ4n) is 7.14. The Morgan fingerprint density at radius 2 is 0.865 bits per heavy atom. The molecule has 1 aliphatic heterocycles. The summed E-state index contributed by atoms with van der Waals surface area (Å²) < 4.78 is 35.2.